The van der Waals surface area contributed by atoms with Crippen LogP contribution in [0, 0.1) is 0 Å². The summed E-state index contributed by atoms with van der Waals surface area (Å²) in [6.07, 6.45) is 2.13. The molecule has 0 saturated heterocycles. The van der Waals surface area contributed by atoms with Crippen LogP contribution in [0.15, 0.2) is 42.0 Å². The molecular formula is C17H16N4O4S. The second-order valence-electron chi connectivity index (χ2n) is 5.64. The van der Waals surface area contributed by atoms with Crippen LogP contribution in [-0.2, 0) is 4.74 Å². The largest absolute Gasteiger partial charge is 0.447 e. The normalized spacial score (nSPS) is 10.7. The van der Waals surface area contributed by atoms with Crippen molar-refractivity contribution in [2.45, 2.75) is 20.0 Å². The third-order valence-electron chi connectivity index (χ3n) is 3.36. The number of hydrogen-bond acceptors (Lipinski definition) is 6. The van der Waals surface area contributed by atoms with E-state index in [0.29, 0.717) is 10.6 Å². The fraction of sp³-hybridized carbons (Fsp3) is 0.176. The van der Waals surface area contributed by atoms with Gasteiger partial charge in [-0.25, -0.2) is 9.31 Å². The molecule has 0 aliphatic rings. The lowest BCUT2D eigenvalue weighted by atomic mass is 10.2. The van der Waals surface area contributed by atoms with Crippen molar-refractivity contribution < 1.29 is 19.1 Å². The lowest BCUT2D eigenvalue weighted by Gasteiger charge is -2.09. The van der Waals surface area contributed by atoms with E-state index in [1.165, 1.54) is 17.4 Å². The van der Waals surface area contributed by atoms with Crippen molar-refractivity contribution in [1.82, 2.24) is 14.9 Å². The van der Waals surface area contributed by atoms with E-state index in [1.807, 2.05) is 0 Å². The molecule has 0 aliphatic carbocycles. The van der Waals surface area contributed by atoms with Crippen LogP contribution in [0.3, 0.4) is 0 Å². The summed E-state index contributed by atoms with van der Waals surface area (Å²) in [6, 6.07) is 6.62. The van der Waals surface area contributed by atoms with E-state index in [9.17, 15) is 14.4 Å². The molecule has 0 aromatic carbocycles. The molecule has 134 valence electrons. The van der Waals surface area contributed by atoms with Crippen molar-refractivity contribution in [2.24, 2.45) is 0 Å². The molecule has 9 heteroatoms. The first-order valence-corrected chi connectivity index (χ1v) is 8.66. The molecule has 8 nitrogen and oxygen atoms in total. The molecular weight excluding hydrogens is 356 g/mol. The first kappa shape index (κ1) is 17.6. The van der Waals surface area contributed by atoms with Crippen molar-refractivity contribution in [2.75, 3.05) is 5.32 Å². The van der Waals surface area contributed by atoms with Crippen LogP contribution in [0.1, 0.15) is 34.6 Å². The van der Waals surface area contributed by atoms with Gasteiger partial charge in [0.2, 0.25) is 0 Å². The van der Waals surface area contributed by atoms with Crippen LogP contribution in [0.2, 0.25) is 0 Å². The van der Waals surface area contributed by atoms with Gasteiger partial charge >= 0.3 is 6.09 Å². The monoisotopic (exact) mass is 372 g/mol. The summed E-state index contributed by atoms with van der Waals surface area (Å²) < 4.78 is 6.52. The zero-order valence-corrected chi connectivity index (χ0v) is 14.9. The van der Waals surface area contributed by atoms with E-state index in [2.05, 4.69) is 15.7 Å². The Balaban J connectivity index is 1.72. The molecule has 0 spiro atoms. The van der Waals surface area contributed by atoms with Gasteiger partial charge < -0.3 is 10.1 Å². The zero-order chi connectivity index (χ0) is 18.7. The van der Waals surface area contributed by atoms with Crippen LogP contribution >= 0.6 is 11.3 Å². The number of ether oxygens (including phenoxy) is 1. The van der Waals surface area contributed by atoms with Crippen LogP contribution in [0.25, 0.3) is 5.52 Å². The minimum Gasteiger partial charge on any atom is -0.447 e. The highest BCUT2D eigenvalue weighted by atomic mass is 32.1. The second-order valence-corrected chi connectivity index (χ2v) is 6.56. The Hall–Kier alpha value is -3.20. The molecule has 0 atom stereocenters. The van der Waals surface area contributed by atoms with Gasteiger partial charge in [0.25, 0.3) is 11.8 Å². The number of alkyl carbamates (subject to hydrolysis) is 1. The molecule has 26 heavy (non-hydrogen) atoms. The number of anilines is 1. The molecule has 0 bridgehead atoms. The number of amides is 3. The lowest BCUT2D eigenvalue weighted by molar-refractivity contribution is 0.0877. The van der Waals surface area contributed by atoms with E-state index >= 15 is 0 Å². The number of carbonyl (C=O) groups is 3. The zero-order valence-electron chi connectivity index (χ0n) is 14.1. The topological polar surface area (TPSA) is 102 Å². The van der Waals surface area contributed by atoms with Crippen LogP contribution in [0.5, 0.6) is 0 Å². The van der Waals surface area contributed by atoms with Crippen LogP contribution in [0.4, 0.5) is 9.80 Å². The second kappa shape index (κ2) is 7.36. The number of hydrogen-bond donors (Lipinski definition) is 2. The van der Waals surface area contributed by atoms with E-state index in [4.69, 9.17) is 4.74 Å². The first-order valence-electron chi connectivity index (χ1n) is 7.78. The van der Waals surface area contributed by atoms with Crippen LogP contribution in [-0.4, -0.2) is 33.6 Å². The van der Waals surface area contributed by atoms with E-state index < -0.39 is 12.0 Å². The fourth-order valence-corrected chi connectivity index (χ4v) is 3.01. The number of aromatic nitrogens is 2. The maximum atomic E-state index is 12.5. The van der Waals surface area contributed by atoms with Crippen molar-refractivity contribution in [1.29, 1.82) is 0 Å². The minimum atomic E-state index is -0.834. The Morgan fingerprint density at radius 2 is 2.00 bits per heavy atom. The quantitative estimate of drug-likeness (QED) is 0.733. The SMILES string of the molecule is CC(C)OC(=O)NC(=O)c1ccsc1NC(=O)c1ccn2nccc2c1. The molecule has 0 saturated carbocycles. The first-order chi connectivity index (χ1) is 12.4. The number of pyridine rings is 1. The number of nitrogens with one attached hydrogen (secondary N) is 2. The van der Waals surface area contributed by atoms with E-state index in [1.54, 1.807) is 54.3 Å². The Bertz CT molecular complexity index is 976. The van der Waals surface area contributed by atoms with Crippen molar-refractivity contribution >= 4 is 39.8 Å². The summed E-state index contributed by atoms with van der Waals surface area (Å²) in [4.78, 5) is 36.2. The highest BCUT2D eigenvalue weighted by Gasteiger charge is 2.19. The number of thiophene rings is 1. The van der Waals surface area contributed by atoms with Crippen LogP contribution < -0.4 is 10.6 Å². The average molecular weight is 372 g/mol. The number of rotatable bonds is 4. The maximum Gasteiger partial charge on any atom is 0.414 e. The number of carbonyl (C=O) groups excluding carboxylic acids is 3. The number of imide groups is 1. The Morgan fingerprint density at radius 1 is 1.19 bits per heavy atom. The molecule has 3 aromatic rings. The summed E-state index contributed by atoms with van der Waals surface area (Å²) >= 11 is 1.18. The van der Waals surface area contributed by atoms with Gasteiger partial charge in [-0.2, -0.15) is 5.10 Å². The number of nitrogens with zero attached hydrogens (tertiary/aromatic N) is 2. The maximum absolute atomic E-state index is 12.5. The average Bonchev–Trinajstić information content (AvgIpc) is 3.21. The Labute approximate surface area is 152 Å². The molecule has 0 fully saturated rings. The molecule has 0 radical (unpaired) electrons. The van der Waals surface area contributed by atoms with Gasteiger partial charge in [0.05, 0.1) is 17.2 Å². The minimum absolute atomic E-state index is 0.189. The third-order valence-corrected chi connectivity index (χ3v) is 4.19. The fourth-order valence-electron chi connectivity index (χ4n) is 2.23. The molecule has 3 rings (SSSR count). The Kier molecular flexibility index (Phi) is 4.99. The number of fused-ring (bicyclic) bond motifs is 1. The van der Waals surface area contributed by atoms with Gasteiger partial charge in [0.15, 0.2) is 0 Å². The summed E-state index contributed by atoms with van der Waals surface area (Å²) in [5.41, 5.74) is 1.39. The molecule has 0 aliphatic heterocycles. The lowest BCUT2D eigenvalue weighted by Crippen LogP contribution is -2.32. The van der Waals surface area contributed by atoms with Crippen molar-refractivity contribution in [3.63, 3.8) is 0 Å². The molecule has 3 heterocycles. The van der Waals surface area contributed by atoms with Gasteiger partial charge in [0.1, 0.15) is 5.00 Å². The van der Waals surface area contributed by atoms with Gasteiger partial charge in [-0.1, -0.05) is 0 Å². The van der Waals surface area contributed by atoms with E-state index in [-0.39, 0.29) is 17.6 Å². The molecule has 3 amide bonds. The highest BCUT2D eigenvalue weighted by Crippen LogP contribution is 2.24. The predicted molar refractivity (Wildman–Crippen MR) is 96.5 cm³/mol. The smallest absolute Gasteiger partial charge is 0.414 e. The summed E-state index contributed by atoms with van der Waals surface area (Å²) in [5.74, 6) is -1.01. The van der Waals surface area contributed by atoms with Gasteiger partial charge in [-0.3, -0.25) is 14.9 Å². The van der Waals surface area contributed by atoms with Gasteiger partial charge in [-0.05, 0) is 43.5 Å². The van der Waals surface area contributed by atoms with Crippen molar-refractivity contribution in [3.05, 3.63) is 53.2 Å². The van der Waals surface area contributed by atoms with E-state index in [0.717, 1.165) is 5.52 Å². The molecule has 0 unspecified atom stereocenters. The summed E-state index contributed by atoms with van der Waals surface area (Å²) in [6.45, 7) is 3.36. The predicted octanol–water partition coefficient (Wildman–Crippen LogP) is 2.92. The molecule has 2 N–H and O–H groups in total. The standard InChI is InChI=1S/C17H16N4O4S/c1-10(2)25-17(24)20-15(23)13-5-8-26-16(13)19-14(22)11-4-7-21-12(9-11)3-6-18-21/h3-10H,1-2H3,(H,19,22)(H,20,23,24). The summed E-state index contributed by atoms with van der Waals surface area (Å²) in [5, 5.41) is 10.9. The Morgan fingerprint density at radius 3 is 2.77 bits per heavy atom. The van der Waals surface area contributed by atoms with Crippen molar-refractivity contribution in [3.8, 4) is 0 Å². The highest BCUT2D eigenvalue weighted by molar-refractivity contribution is 7.14. The van der Waals surface area contributed by atoms with Gasteiger partial charge in [-0.15, -0.1) is 11.3 Å². The summed E-state index contributed by atoms with van der Waals surface area (Å²) in [7, 11) is 0. The van der Waals surface area contributed by atoms with Gasteiger partial charge in [0, 0.05) is 18.0 Å². The third kappa shape index (κ3) is 3.89. The molecule has 3 aromatic heterocycles.